The number of nitrogens with zero attached hydrogens (tertiary/aromatic N) is 1. The van der Waals surface area contributed by atoms with Gasteiger partial charge in [0.25, 0.3) is 0 Å². The molecule has 0 atom stereocenters. The van der Waals surface area contributed by atoms with Gasteiger partial charge < -0.3 is 0 Å². The predicted octanol–water partition coefficient (Wildman–Crippen LogP) is 1.10. The van der Waals surface area contributed by atoms with Crippen molar-refractivity contribution in [2.24, 2.45) is 4.99 Å². The van der Waals surface area contributed by atoms with Crippen molar-refractivity contribution in [3.63, 3.8) is 0 Å². The Kier molecular flexibility index (Phi) is 6.02. The molecule has 0 unspecified atom stereocenters. The van der Waals surface area contributed by atoms with Gasteiger partial charge >= 0.3 is 212 Å². The predicted molar refractivity (Wildman–Crippen MR) is 144 cm³/mol. The van der Waals surface area contributed by atoms with E-state index in [9.17, 15) is 0 Å². The van der Waals surface area contributed by atoms with E-state index in [-0.39, 0.29) is 0 Å². The van der Waals surface area contributed by atoms with E-state index in [1.54, 1.807) is 14.3 Å². The normalized spacial score (nSPS) is 22.0. The van der Waals surface area contributed by atoms with Crippen LogP contribution in [0.15, 0.2) is 17.1 Å². The van der Waals surface area contributed by atoms with Crippen LogP contribution < -0.4 is 34.5 Å². The summed E-state index contributed by atoms with van der Waals surface area (Å²) in [7, 11) is 8.97. The molecule has 32 heavy (non-hydrogen) atoms. The monoisotopic (exact) mass is 624 g/mol. The van der Waals surface area contributed by atoms with Crippen molar-refractivity contribution >= 4 is 84.9 Å². The zero-order valence-corrected chi connectivity index (χ0v) is 24.6. The second-order valence-corrected chi connectivity index (χ2v) is 31.5. The summed E-state index contributed by atoms with van der Waals surface area (Å²) in [5, 5.41) is 6.18. The zero-order chi connectivity index (χ0) is 21.1. The van der Waals surface area contributed by atoms with Gasteiger partial charge in [0.05, 0.1) is 0 Å². The zero-order valence-electron chi connectivity index (χ0n) is 17.6. The molecule has 0 saturated carbocycles. The Morgan fingerprint density at radius 1 is 0.875 bits per heavy atom. The number of ether oxygens (including phenoxy) is 1. The maximum absolute atomic E-state index is 6.76. The van der Waals surface area contributed by atoms with E-state index in [1.807, 2.05) is 0 Å². The van der Waals surface area contributed by atoms with E-state index in [2.05, 4.69) is 62.5 Å². The van der Waals surface area contributed by atoms with Crippen molar-refractivity contribution < 1.29 is 9.73 Å². The first-order chi connectivity index (χ1) is 15.9. The van der Waals surface area contributed by atoms with Crippen LogP contribution in [0.1, 0.15) is 24.0 Å². The van der Waals surface area contributed by atoms with Crippen molar-refractivity contribution in [2.45, 2.75) is 25.7 Å². The van der Waals surface area contributed by atoms with Crippen LogP contribution in [-0.4, -0.2) is 60.8 Å². The van der Waals surface area contributed by atoms with Crippen molar-refractivity contribution in [1.82, 2.24) is 0 Å². The van der Waals surface area contributed by atoms with Gasteiger partial charge in [-0.2, -0.15) is 0 Å². The first-order valence-corrected chi connectivity index (χ1v) is 26.1. The standard InChI is InChI=1S/C22H23As2N3OS4/c1-3-13-15(25-5-1)11-17-21(19(13)23-29-7-8-30-23)27-22-18(28-17)12-16-14(4-2-6-26-16)20(22)24-31-9-10-32-24/h11-12,25H,1-10H2/p+1. The Hall–Kier alpha value is 0.157. The molecule has 5 aliphatic heterocycles. The molecule has 0 bridgehead atoms. The molecular formula is C22H24As2N3OS4+. The SMILES string of the molecule is c1c2c(c([As]3SCCS3)c3c1Oc1cc4c(c([As]5SCCS5)c1=[NH+]3)CCCN=4)CCCN2. The minimum atomic E-state index is -1.21. The molecule has 4 nitrogen and oxygen atoms in total. The summed E-state index contributed by atoms with van der Waals surface area (Å²) in [5.74, 6) is 7.23. The molecule has 2 aromatic carbocycles. The van der Waals surface area contributed by atoms with Crippen molar-refractivity contribution in [3.05, 3.63) is 34.0 Å². The summed E-state index contributed by atoms with van der Waals surface area (Å²) < 4.78 is 10.0. The second kappa shape index (κ2) is 8.99. The Balaban J connectivity index is 1.51. The number of anilines is 1. The molecule has 2 saturated heterocycles. The van der Waals surface area contributed by atoms with Gasteiger partial charge in [0.15, 0.2) is 0 Å². The van der Waals surface area contributed by atoms with Crippen LogP contribution in [0.2, 0.25) is 0 Å². The van der Waals surface area contributed by atoms with E-state index in [4.69, 9.17) is 9.73 Å². The fraction of sp³-hybridized carbons (Fsp3) is 0.455. The van der Waals surface area contributed by atoms with Gasteiger partial charge in [-0.25, -0.2) is 0 Å². The molecule has 10 heteroatoms. The van der Waals surface area contributed by atoms with Crippen molar-refractivity contribution in [1.29, 1.82) is 0 Å². The van der Waals surface area contributed by atoms with Gasteiger partial charge in [-0.3, -0.25) is 0 Å². The summed E-state index contributed by atoms with van der Waals surface area (Å²) in [6.07, 6.45) is 4.79. The van der Waals surface area contributed by atoms with Crippen molar-refractivity contribution in [2.75, 3.05) is 41.4 Å². The Morgan fingerprint density at radius 3 is 2.44 bits per heavy atom. The molecule has 2 fully saturated rings. The number of hydrogen-bond acceptors (Lipinski definition) is 7. The first-order valence-electron chi connectivity index (χ1n) is 11.2. The van der Waals surface area contributed by atoms with E-state index in [1.165, 1.54) is 76.3 Å². The maximum atomic E-state index is 6.76. The molecule has 0 radical (unpaired) electrons. The number of nitrogens with one attached hydrogen (secondary N) is 2. The Labute approximate surface area is 210 Å². The molecule has 0 aromatic heterocycles. The van der Waals surface area contributed by atoms with Crippen LogP contribution >= 0.6 is 40.1 Å². The van der Waals surface area contributed by atoms with E-state index in [0.29, 0.717) is 0 Å². The quantitative estimate of drug-likeness (QED) is 0.417. The third-order valence-electron chi connectivity index (χ3n) is 6.34. The van der Waals surface area contributed by atoms with E-state index in [0.717, 1.165) is 24.6 Å². The summed E-state index contributed by atoms with van der Waals surface area (Å²) in [6.45, 7) is 2.02. The van der Waals surface area contributed by atoms with E-state index >= 15 is 0 Å². The van der Waals surface area contributed by atoms with Crippen LogP contribution in [0.4, 0.5) is 11.4 Å². The molecule has 5 aliphatic rings. The first kappa shape index (κ1) is 21.4. The molecule has 2 aromatic rings. The number of fused-ring (bicyclic) bond motifs is 4. The van der Waals surface area contributed by atoms with Gasteiger partial charge in [0.2, 0.25) is 0 Å². The summed E-state index contributed by atoms with van der Waals surface area (Å²) >= 11 is -2.41. The molecule has 0 spiro atoms. The average molecular weight is 625 g/mol. The van der Waals surface area contributed by atoms with Crippen LogP contribution in [-0.2, 0) is 12.8 Å². The minimum absolute atomic E-state index is 0.951. The molecular weight excluding hydrogens is 600 g/mol. The fourth-order valence-corrected chi connectivity index (χ4v) is 36.0. The molecule has 5 heterocycles. The fourth-order valence-electron chi connectivity index (χ4n) is 4.96. The summed E-state index contributed by atoms with van der Waals surface area (Å²) in [5.41, 5.74) is 5.73. The molecule has 7 rings (SSSR count). The third-order valence-corrected chi connectivity index (χ3v) is 33.8. The number of hydrogen-bond donors (Lipinski definition) is 2. The van der Waals surface area contributed by atoms with Crippen LogP contribution in [0.25, 0.3) is 0 Å². The van der Waals surface area contributed by atoms with Gasteiger partial charge in [0.1, 0.15) is 0 Å². The Bertz CT molecular complexity index is 1230. The summed E-state index contributed by atoms with van der Waals surface area (Å²) in [6, 6.07) is 4.50. The van der Waals surface area contributed by atoms with Crippen molar-refractivity contribution in [3.8, 4) is 11.5 Å². The topological polar surface area (TPSA) is 47.6 Å². The van der Waals surface area contributed by atoms with E-state index < -0.39 is 24.7 Å². The molecule has 166 valence electrons. The van der Waals surface area contributed by atoms with Gasteiger partial charge in [0, 0.05) is 0 Å². The van der Waals surface area contributed by atoms with Crippen LogP contribution in [0.5, 0.6) is 11.5 Å². The number of benzene rings is 2. The number of rotatable bonds is 2. The molecule has 0 amide bonds. The molecule has 2 N–H and O–H groups in total. The van der Waals surface area contributed by atoms with Crippen LogP contribution in [0.3, 0.4) is 0 Å². The van der Waals surface area contributed by atoms with Gasteiger partial charge in [-0.05, 0) is 0 Å². The third kappa shape index (κ3) is 3.62. The van der Waals surface area contributed by atoms with Gasteiger partial charge in [-0.1, -0.05) is 0 Å². The molecule has 0 aliphatic carbocycles. The average Bonchev–Trinajstić information content (AvgIpc) is 3.54. The second-order valence-electron chi connectivity index (χ2n) is 8.31. The Morgan fingerprint density at radius 2 is 1.62 bits per heavy atom. The van der Waals surface area contributed by atoms with Gasteiger partial charge in [-0.15, -0.1) is 0 Å². The van der Waals surface area contributed by atoms with Crippen LogP contribution in [0, 0.1) is 0 Å². The summed E-state index contributed by atoms with van der Waals surface area (Å²) in [4.78, 5) is 8.98.